The minimum atomic E-state index is -2.68. The van der Waals surface area contributed by atoms with E-state index in [0.29, 0.717) is 6.42 Å². The van der Waals surface area contributed by atoms with Crippen molar-refractivity contribution in [1.82, 2.24) is 0 Å². The van der Waals surface area contributed by atoms with Crippen LogP contribution in [-0.4, -0.2) is 18.4 Å². The summed E-state index contributed by atoms with van der Waals surface area (Å²) in [5.41, 5.74) is 0. The van der Waals surface area contributed by atoms with Crippen molar-refractivity contribution in [3.63, 3.8) is 0 Å². The number of rotatable bonds is 13. The van der Waals surface area contributed by atoms with Crippen molar-refractivity contribution >= 4 is 30.0 Å². The number of hydrogen-bond donors (Lipinski definition) is 0. The van der Waals surface area contributed by atoms with Crippen LogP contribution in [0, 0.1) is 0 Å². The van der Waals surface area contributed by atoms with E-state index in [1.165, 1.54) is 51.8 Å². The summed E-state index contributed by atoms with van der Waals surface area (Å²) in [7, 11) is 0. The first kappa shape index (κ1) is 21.8. The summed E-state index contributed by atoms with van der Waals surface area (Å²) in [6, 6.07) is 0. The van der Waals surface area contributed by atoms with Gasteiger partial charge in [-0.2, -0.15) is 0 Å². The third-order valence-electron chi connectivity index (χ3n) is 4.48. The molecule has 0 bridgehead atoms. The van der Waals surface area contributed by atoms with Crippen molar-refractivity contribution in [2.45, 2.75) is 98.8 Å². The van der Waals surface area contributed by atoms with Crippen LogP contribution in [0.3, 0.4) is 0 Å². The van der Waals surface area contributed by atoms with Gasteiger partial charge in [-0.15, -0.1) is 0 Å². The van der Waals surface area contributed by atoms with E-state index in [-0.39, 0.29) is 5.83 Å². The van der Waals surface area contributed by atoms with Gasteiger partial charge in [0.15, 0.2) is 0 Å². The van der Waals surface area contributed by atoms with Gasteiger partial charge in [-0.25, -0.2) is 0 Å². The number of halogens is 2. The topological polar surface area (TPSA) is 0 Å². The Morgan fingerprint density at radius 2 is 1.14 bits per heavy atom. The predicted octanol–water partition coefficient (Wildman–Crippen LogP) is 7.98. The summed E-state index contributed by atoms with van der Waals surface area (Å²) in [4.78, 5) is 0. The molecule has 0 nitrogen and oxygen atoms in total. The van der Waals surface area contributed by atoms with Gasteiger partial charge in [-0.05, 0) is 0 Å². The molecule has 0 aromatic carbocycles. The zero-order chi connectivity index (χ0) is 16.1. The maximum atomic E-state index is 14.6. The number of allylic oxidation sites excluding steroid dienone is 1. The van der Waals surface area contributed by atoms with Crippen LogP contribution in [0.1, 0.15) is 85.5 Å². The SMILES string of the molecule is CCCC/C(F)=[C](\Cl)[Sn]([CH2]CCC)([CH2]CCC)[CH2]CCC. The van der Waals surface area contributed by atoms with E-state index in [1.54, 1.807) is 0 Å². The van der Waals surface area contributed by atoms with E-state index < -0.39 is 18.4 Å². The van der Waals surface area contributed by atoms with Gasteiger partial charge < -0.3 is 0 Å². The molecule has 0 saturated carbocycles. The Bertz CT molecular complexity index is 267. The van der Waals surface area contributed by atoms with Crippen LogP contribution in [0.25, 0.3) is 0 Å². The van der Waals surface area contributed by atoms with Crippen molar-refractivity contribution in [2.24, 2.45) is 0 Å². The van der Waals surface area contributed by atoms with Gasteiger partial charge in [-0.3, -0.25) is 0 Å². The monoisotopic (exact) mass is 426 g/mol. The average Bonchev–Trinajstić information content (AvgIpc) is 2.51. The van der Waals surface area contributed by atoms with E-state index in [4.69, 9.17) is 11.6 Å². The van der Waals surface area contributed by atoms with E-state index in [9.17, 15) is 4.39 Å². The Hall–Kier alpha value is 0.759. The molecule has 0 aliphatic rings. The van der Waals surface area contributed by atoms with Gasteiger partial charge in [0.1, 0.15) is 0 Å². The molecular weight excluding hydrogens is 389 g/mol. The Balaban J connectivity index is 5.25. The van der Waals surface area contributed by atoms with Crippen LogP contribution in [0.15, 0.2) is 8.88 Å². The van der Waals surface area contributed by atoms with Gasteiger partial charge in [0.05, 0.1) is 0 Å². The molecule has 0 unspecified atom stereocenters. The zero-order valence-corrected chi connectivity index (χ0v) is 18.4. The number of unbranched alkanes of at least 4 members (excludes halogenated alkanes) is 4. The molecule has 0 aliphatic heterocycles. The predicted molar refractivity (Wildman–Crippen MR) is 98.4 cm³/mol. The summed E-state index contributed by atoms with van der Waals surface area (Å²) in [6.45, 7) is 8.83. The van der Waals surface area contributed by atoms with E-state index in [2.05, 4.69) is 27.7 Å². The molecule has 0 heterocycles. The molecule has 0 atom stereocenters. The zero-order valence-electron chi connectivity index (χ0n) is 14.7. The summed E-state index contributed by atoms with van der Waals surface area (Å²) in [5.74, 6) is 0.0534. The molecule has 0 fully saturated rings. The normalized spacial score (nSPS) is 13.4. The van der Waals surface area contributed by atoms with Gasteiger partial charge in [0.25, 0.3) is 0 Å². The molecular formula is C18H36ClFSn. The van der Waals surface area contributed by atoms with E-state index in [0.717, 1.165) is 15.9 Å². The molecule has 0 aromatic rings. The molecule has 3 heteroatoms. The molecule has 0 aliphatic carbocycles. The number of hydrogen-bond acceptors (Lipinski definition) is 0. The fourth-order valence-corrected chi connectivity index (χ4v) is 19.8. The van der Waals surface area contributed by atoms with Crippen molar-refractivity contribution in [3.8, 4) is 0 Å². The third kappa shape index (κ3) is 8.25. The van der Waals surface area contributed by atoms with Gasteiger partial charge in [0, 0.05) is 0 Å². The summed E-state index contributed by atoms with van der Waals surface area (Å²) in [6.07, 6.45) is 9.87. The van der Waals surface area contributed by atoms with Crippen LogP contribution in [0.4, 0.5) is 4.39 Å². The molecule has 0 radical (unpaired) electrons. The van der Waals surface area contributed by atoms with Crippen LogP contribution < -0.4 is 0 Å². The molecule has 0 saturated heterocycles. The van der Waals surface area contributed by atoms with Crippen LogP contribution in [-0.2, 0) is 0 Å². The second kappa shape index (κ2) is 13.2. The molecule has 0 aromatic heterocycles. The third-order valence-corrected chi connectivity index (χ3v) is 22.0. The summed E-state index contributed by atoms with van der Waals surface area (Å²) >= 11 is 4.02. The summed E-state index contributed by atoms with van der Waals surface area (Å²) < 4.78 is 19.1. The van der Waals surface area contributed by atoms with Gasteiger partial charge in [0.2, 0.25) is 0 Å². The van der Waals surface area contributed by atoms with Crippen molar-refractivity contribution in [1.29, 1.82) is 0 Å². The standard InChI is InChI=1S/C6H9ClF.3C4H9.Sn/c1-2-3-4-6(8)5-7;3*1-3-4-2;/h2-4H2,1H3;3*1,3-4H2,2H3;. The van der Waals surface area contributed by atoms with Gasteiger partial charge >= 0.3 is 142 Å². The Kier molecular flexibility index (Phi) is 13.7. The maximum absolute atomic E-state index is 14.6. The van der Waals surface area contributed by atoms with E-state index >= 15 is 0 Å². The average molecular weight is 426 g/mol. The molecule has 0 rings (SSSR count). The first-order valence-electron chi connectivity index (χ1n) is 9.12. The fourth-order valence-electron chi connectivity index (χ4n) is 2.98. The van der Waals surface area contributed by atoms with Crippen molar-refractivity contribution in [3.05, 3.63) is 8.88 Å². The second-order valence-corrected chi connectivity index (χ2v) is 20.7. The van der Waals surface area contributed by atoms with Crippen LogP contribution in [0.2, 0.25) is 13.3 Å². The first-order chi connectivity index (χ1) is 10.1. The van der Waals surface area contributed by atoms with Crippen LogP contribution >= 0.6 is 11.6 Å². The quantitative estimate of drug-likeness (QED) is 0.262. The van der Waals surface area contributed by atoms with Crippen LogP contribution in [0.5, 0.6) is 0 Å². The van der Waals surface area contributed by atoms with E-state index in [1.807, 2.05) is 0 Å². The Labute approximate surface area is 141 Å². The van der Waals surface area contributed by atoms with Gasteiger partial charge in [-0.1, -0.05) is 0 Å². The molecule has 21 heavy (non-hydrogen) atoms. The molecule has 0 amide bonds. The molecule has 0 N–H and O–H groups in total. The fraction of sp³-hybridized carbons (Fsp3) is 0.889. The Morgan fingerprint density at radius 3 is 1.48 bits per heavy atom. The second-order valence-electron chi connectivity index (χ2n) is 6.41. The van der Waals surface area contributed by atoms with Crippen molar-refractivity contribution < 1.29 is 4.39 Å². The Morgan fingerprint density at radius 1 is 0.762 bits per heavy atom. The molecule has 0 spiro atoms. The van der Waals surface area contributed by atoms with Crippen molar-refractivity contribution in [2.75, 3.05) is 0 Å². The summed E-state index contributed by atoms with van der Waals surface area (Å²) in [5, 5.41) is 0. The minimum absolute atomic E-state index is 0.0534. The first-order valence-corrected chi connectivity index (χ1v) is 17.0. The molecule has 126 valence electrons.